The number of hydrogen-bond acceptors (Lipinski definition) is 4. The summed E-state index contributed by atoms with van der Waals surface area (Å²) in [5.74, 6) is -0.542. The fourth-order valence-electron chi connectivity index (χ4n) is 1.45. The molecule has 0 unspecified atom stereocenters. The first-order valence-corrected chi connectivity index (χ1v) is 5.25. The fraction of sp³-hybridized carbons (Fsp3) is 0.182. The molecule has 0 atom stereocenters. The van der Waals surface area contributed by atoms with E-state index in [2.05, 4.69) is 15.4 Å². The Morgan fingerprint density at radius 2 is 2.35 bits per heavy atom. The monoisotopic (exact) mass is 231 g/mol. The average molecular weight is 231 g/mol. The maximum Gasteiger partial charge on any atom is 0.269 e. The molecule has 17 heavy (non-hydrogen) atoms. The molecule has 6 nitrogen and oxygen atoms in total. The summed E-state index contributed by atoms with van der Waals surface area (Å²) in [6.45, 7) is 2.82. The number of rotatable bonds is 4. The molecule has 0 saturated carbocycles. The molecule has 2 rings (SSSR count). The molecule has 2 aromatic rings. The molecule has 0 aliphatic rings. The second-order valence-corrected chi connectivity index (χ2v) is 3.47. The Hall–Kier alpha value is -2.37. The van der Waals surface area contributed by atoms with Crippen molar-refractivity contribution in [3.63, 3.8) is 0 Å². The molecule has 1 amide bonds. The molecular formula is C11H13N5O. The SMILES string of the molecule is CCNc1cncc(-n2ccc(C(N)=O)n2)c1. The zero-order valence-corrected chi connectivity index (χ0v) is 9.42. The van der Waals surface area contributed by atoms with Gasteiger partial charge in [-0.3, -0.25) is 9.78 Å². The van der Waals surface area contributed by atoms with Crippen LogP contribution in [0.3, 0.4) is 0 Å². The maximum absolute atomic E-state index is 10.9. The summed E-state index contributed by atoms with van der Waals surface area (Å²) in [6, 6.07) is 3.47. The van der Waals surface area contributed by atoms with Crippen LogP contribution in [-0.2, 0) is 0 Å². The molecular weight excluding hydrogens is 218 g/mol. The van der Waals surface area contributed by atoms with E-state index in [9.17, 15) is 4.79 Å². The van der Waals surface area contributed by atoms with Crippen molar-refractivity contribution in [1.29, 1.82) is 0 Å². The van der Waals surface area contributed by atoms with E-state index in [1.54, 1.807) is 29.3 Å². The molecule has 2 heterocycles. The van der Waals surface area contributed by atoms with Crippen LogP contribution in [0.25, 0.3) is 5.69 Å². The summed E-state index contributed by atoms with van der Waals surface area (Å²) in [7, 11) is 0. The summed E-state index contributed by atoms with van der Waals surface area (Å²) in [6.07, 6.45) is 5.07. The van der Waals surface area contributed by atoms with Gasteiger partial charge in [-0.15, -0.1) is 0 Å². The number of anilines is 1. The Morgan fingerprint density at radius 3 is 3.00 bits per heavy atom. The quantitative estimate of drug-likeness (QED) is 0.814. The summed E-state index contributed by atoms with van der Waals surface area (Å²) in [5, 5.41) is 7.21. The number of primary amides is 1. The van der Waals surface area contributed by atoms with Crippen molar-refractivity contribution in [3.05, 3.63) is 36.4 Å². The van der Waals surface area contributed by atoms with E-state index < -0.39 is 5.91 Å². The van der Waals surface area contributed by atoms with Crippen LogP contribution in [0.5, 0.6) is 0 Å². The van der Waals surface area contributed by atoms with Crippen LogP contribution in [0.1, 0.15) is 17.4 Å². The van der Waals surface area contributed by atoms with Crippen molar-refractivity contribution in [2.24, 2.45) is 5.73 Å². The first-order chi connectivity index (χ1) is 8.20. The molecule has 88 valence electrons. The normalized spacial score (nSPS) is 10.2. The molecule has 0 fully saturated rings. The third kappa shape index (κ3) is 2.41. The molecule has 0 bridgehead atoms. The second-order valence-electron chi connectivity index (χ2n) is 3.47. The van der Waals surface area contributed by atoms with Gasteiger partial charge in [-0.25, -0.2) is 4.68 Å². The van der Waals surface area contributed by atoms with Gasteiger partial charge >= 0.3 is 0 Å². The minimum absolute atomic E-state index is 0.235. The van der Waals surface area contributed by atoms with E-state index in [1.165, 1.54) is 0 Å². The molecule has 0 saturated heterocycles. The fourth-order valence-corrected chi connectivity index (χ4v) is 1.45. The van der Waals surface area contributed by atoms with Crippen molar-refractivity contribution in [3.8, 4) is 5.69 Å². The van der Waals surface area contributed by atoms with Gasteiger partial charge in [0.1, 0.15) is 5.69 Å². The number of nitrogens with one attached hydrogen (secondary N) is 1. The summed E-state index contributed by atoms with van der Waals surface area (Å²) in [4.78, 5) is 15.0. The van der Waals surface area contributed by atoms with Gasteiger partial charge in [0.15, 0.2) is 0 Å². The first-order valence-electron chi connectivity index (χ1n) is 5.25. The van der Waals surface area contributed by atoms with E-state index in [0.29, 0.717) is 0 Å². The van der Waals surface area contributed by atoms with Crippen molar-refractivity contribution in [2.75, 3.05) is 11.9 Å². The van der Waals surface area contributed by atoms with Crippen LogP contribution < -0.4 is 11.1 Å². The highest BCUT2D eigenvalue weighted by Gasteiger charge is 2.06. The highest BCUT2D eigenvalue weighted by molar-refractivity contribution is 5.90. The van der Waals surface area contributed by atoms with Crippen LogP contribution in [0.4, 0.5) is 5.69 Å². The minimum Gasteiger partial charge on any atom is -0.384 e. The van der Waals surface area contributed by atoms with Crippen molar-refractivity contribution < 1.29 is 4.79 Å². The van der Waals surface area contributed by atoms with Gasteiger partial charge in [-0.2, -0.15) is 5.10 Å². The third-order valence-electron chi connectivity index (χ3n) is 2.21. The predicted molar refractivity (Wildman–Crippen MR) is 64.0 cm³/mol. The van der Waals surface area contributed by atoms with Crippen LogP contribution >= 0.6 is 0 Å². The lowest BCUT2D eigenvalue weighted by Gasteiger charge is -2.05. The molecule has 0 aliphatic heterocycles. The van der Waals surface area contributed by atoms with Gasteiger partial charge in [-0.05, 0) is 19.1 Å². The second kappa shape index (κ2) is 4.65. The molecule has 6 heteroatoms. The van der Waals surface area contributed by atoms with Crippen LogP contribution in [0.2, 0.25) is 0 Å². The lowest BCUT2D eigenvalue weighted by atomic mass is 10.3. The van der Waals surface area contributed by atoms with Gasteiger partial charge in [-0.1, -0.05) is 0 Å². The zero-order valence-electron chi connectivity index (χ0n) is 9.42. The summed E-state index contributed by atoms with van der Waals surface area (Å²) < 4.78 is 1.56. The van der Waals surface area contributed by atoms with Gasteiger partial charge in [0.2, 0.25) is 0 Å². The molecule has 0 spiro atoms. The number of pyridine rings is 1. The van der Waals surface area contributed by atoms with Gasteiger partial charge in [0.05, 0.1) is 23.8 Å². The van der Waals surface area contributed by atoms with E-state index in [4.69, 9.17) is 5.73 Å². The molecule has 0 radical (unpaired) electrons. The zero-order chi connectivity index (χ0) is 12.3. The van der Waals surface area contributed by atoms with E-state index in [-0.39, 0.29) is 5.69 Å². The van der Waals surface area contributed by atoms with Crippen molar-refractivity contribution in [2.45, 2.75) is 6.92 Å². The Kier molecular flexibility index (Phi) is 3.04. The van der Waals surface area contributed by atoms with Gasteiger partial charge in [0.25, 0.3) is 5.91 Å². The topological polar surface area (TPSA) is 85.8 Å². The van der Waals surface area contributed by atoms with E-state index in [0.717, 1.165) is 17.9 Å². The predicted octanol–water partition coefficient (Wildman–Crippen LogP) is 0.798. The van der Waals surface area contributed by atoms with E-state index in [1.807, 2.05) is 13.0 Å². The van der Waals surface area contributed by atoms with Gasteiger partial charge in [0, 0.05) is 12.7 Å². The number of carbonyl (C=O) groups is 1. The highest BCUT2D eigenvalue weighted by atomic mass is 16.1. The number of nitrogens with two attached hydrogens (primary N) is 1. The number of aromatic nitrogens is 3. The molecule has 0 aromatic carbocycles. The molecule has 3 N–H and O–H groups in total. The van der Waals surface area contributed by atoms with Crippen LogP contribution in [-0.4, -0.2) is 27.2 Å². The number of amides is 1. The first kappa shape index (κ1) is 11.1. The Labute approximate surface area is 98.5 Å². The maximum atomic E-state index is 10.9. The Bertz CT molecular complexity index is 534. The number of carbonyl (C=O) groups excluding carboxylic acids is 1. The van der Waals surface area contributed by atoms with Crippen LogP contribution in [0.15, 0.2) is 30.7 Å². The molecule has 0 aliphatic carbocycles. The summed E-state index contributed by atoms with van der Waals surface area (Å²) >= 11 is 0. The number of nitrogens with zero attached hydrogens (tertiary/aromatic N) is 3. The summed E-state index contributed by atoms with van der Waals surface area (Å²) in [5.41, 5.74) is 7.05. The lowest BCUT2D eigenvalue weighted by Crippen LogP contribution is -2.12. The third-order valence-corrected chi connectivity index (χ3v) is 2.21. The Balaban J connectivity index is 2.31. The lowest BCUT2D eigenvalue weighted by molar-refractivity contribution is 0.0995. The van der Waals surface area contributed by atoms with Crippen LogP contribution in [0, 0.1) is 0 Å². The Morgan fingerprint density at radius 1 is 1.53 bits per heavy atom. The van der Waals surface area contributed by atoms with Gasteiger partial charge < -0.3 is 11.1 Å². The van der Waals surface area contributed by atoms with Crippen molar-refractivity contribution in [1.82, 2.24) is 14.8 Å². The molecule has 2 aromatic heterocycles. The van der Waals surface area contributed by atoms with E-state index >= 15 is 0 Å². The minimum atomic E-state index is -0.542. The smallest absolute Gasteiger partial charge is 0.269 e. The highest BCUT2D eigenvalue weighted by Crippen LogP contribution is 2.12. The average Bonchev–Trinajstić information content (AvgIpc) is 2.79. The number of hydrogen-bond donors (Lipinski definition) is 2. The standard InChI is InChI=1S/C11H13N5O/c1-2-14-8-5-9(7-13-6-8)16-4-3-10(15-16)11(12)17/h3-7,14H,2H2,1H3,(H2,12,17). The largest absolute Gasteiger partial charge is 0.384 e. The van der Waals surface area contributed by atoms with Crippen molar-refractivity contribution >= 4 is 11.6 Å².